The Morgan fingerprint density at radius 3 is 2.39 bits per heavy atom. The van der Waals surface area contributed by atoms with E-state index in [-0.39, 0.29) is 29.9 Å². The van der Waals surface area contributed by atoms with Crippen LogP contribution in [0.5, 0.6) is 11.5 Å². The quantitative estimate of drug-likeness (QED) is 0.187. The molecule has 0 radical (unpaired) electrons. The Morgan fingerprint density at radius 2 is 1.71 bits per heavy atom. The van der Waals surface area contributed by atoms with Crippen molar-refractivity contribution in [3.8, 4) is 11.5 Å². The van der Waals surface area contributed by atoms with E-state index in [1.807, 2.05) is 56.3 Å². The summed E-state index contributed by atoms with van der Waals surface area (Å²) in [6.45, 7) is 6.47. The number of carbonyl (C=O) groups is 1. The second-order valence-corrected chi connectivity index (χ2v) is 6.75. The lowest BCUT2D eigenvalue weighted by Crippen LogP contribution is -2.41. The maximum absolute atomic E-state index is 12.2. The Labute approximate surface area is 202 Å². The molecule has 2 aromatic rings. The molecule has 0 fully saturated rings. The molecule has 7 nitrogen and oxygen atoms in total. The molecule has 0 atom stereocenters. The second-order valence-electron chi connectivity index (χ2n) is 6.75. The number of hydrogen-bond acceptors (Lipinski definition) is 4. The Morgan fingerprint density at radius 1 is 0.968 bits per heavy atom. The first-order chi connectivity index (χ1) is 14.6. The molecule has 31 heavy (non-hydrogen) atoms. The number of hydrogen-bond donors (Lipinski definition) is 3. The first-order valence-electron chi connectivity index (χ1n) is 10.1. The highest BCUT2D eigenvalue weighted by molar-refractivity contribution is 14.0. The van der Waals surface area contributed by atoms with Crippen molar-refractivity contribution >= 4 is 35.8 Å². The number of amides is 1. The Balaban J connectivity index is 0.00000480. The smallest absolute Gasteiger partial charge is 0.251 e. The van der Waals surface area contributed by atoms with E-state index < -0.39 is 0 Å². The van der Waals surface area contributed by atoms with Gasteiger partial charge >= 0.3 is 0 Å². The van der Waals surface area contributed by atoms with Gasteiger partial charge in [0.15, 0.2) is 17.5 Å². The number of nitrogens with one attached hydrogen (secondary N) is 3. The van der Waals surface area contributed by atoms with Gasteiger partial charge in [0.05, 0.1) is 14.2 Å². The van der Waals surface area contributed by atoms with E-state index >= 15 is 0 Å². The predicted molar refractivity (Wildman–Crippen MR) is 136 cm³/mol. The van der Waals surface area contributed by atoms with E-state index in [2.05, 4.69) is 20.9 Å². The molecular formula is C23H33IN4O3. The summed E-state index contributed by atoms with van der Waals surface area (Å²) >= 11 is 0. The highest BCUT2D eigenvalue weighted by Gasteiger charge is 2.06. The normalized spacial score (nSPS) is 10.6. The van der Waals surface area contributed by atoms with Crippen LogP contribution >= 0.6 is 24.0 Å². The fraction of sp³-hybridized carbons (Fsp3) is 0.391. The van der Waals surface area contributed by atoms with Gasteiger partial charge in [0.25, 0.3) is 5.91 Å². The molecule has 0 unspecified atom stereocenters. The molecule has 0 heterocycles. The molecule has 0 bridgehead atoms. The summed E-state index contributed by atoms with van der Waals surface area (Å²) in [6.07, 6.45) is 0.779. The number of methoxy groups -OCH3 is 2. The van der Waals surface area contributed by atoms with Crippen LogP contribution in [0.4, 0.5) is 0 Å². The fourth-order valence-electron chi connectivity index (χ4n) is 2.92. The van der Waals surface area contributed by atoms with Crippen LogP contribution in [0.3, 0.4) is 0 Å². The van der Waals surface area contributed by atoms with Gasteiger partial charge in [-0.2, -0.15) is 0 Å². The van der Waals surface area contributed by atoms with Crippen molar-refractivity contribution in [1.82, 2.24) is 16.0 Å². The molecule has 0 aliphatic carbocycles. The average molecular weight is 540 g/mol. The third kappa shape index (κ3) is 9.04. The highest BCUT2D eigenvalue weighted by atomic mass is 127. The van der Waals surface area contributed by atoms with Gasteiger partial charge in [0.1, 0.15) is 0 Å². The first-order valence-corrected chi connectivity index (χ1v) is 10.1. The molecule has 1 amide bonds. The number of halogens is 1. The van der Waals surface area contributed by atoms with Crippen molar-refractivity contribution in [1.29, 1.82) is 0 Å². The molecule has 8 heteroatoms. The molecule has 0 aliphatic heterocycles. The lowest BCUT2D eigenvalue weighted by atomic mass is 10.1. The standard InChI is InChI=1S/C23H32N4O3.HI/c1-5-24-23(26-12-11-18-9-10-20(29-3)21(16-18)30-4)27-14-13-25-22(28)19-8-6-7-17(2)15-19;/h6-10,15-16H,5,11-14H2,1-4H3,(H,25,28)(H2,24,26,27);1H. The number of aryl methyl sites for hydroxylation is 1. The number of ether oxygens (including phenoxy) is 2. The molecule has 2 rings (SSSR count). The van der Waals surface area contributed by atoms with Crippen molar-refractivity contribution in [2.75, 3.05) is 40.4 Å². The van der Waals surface area contributed by atoms with E-state index in [0.717, 1.165) is 30.1 Å². The number of carbonyl (C=O) groups excluding carboxylic acids is 1. The van der Waals surface area contributed by atoms with Crippen LogP contribution in [0.15, 0.2) is 47.5 Å². The third-order valence-corrected chi connectivity index (χ3v) is 4.45. The molecule has 0 saturated carbocycles. The molecule has 3 N–H and O–H groups in total. The van der Waals surface area contributed by atoms with Crippen LogP contribution in [-0.2, 0) is 6.42 Å². The lowest BCUT2D eigenvalue weighted by Gasteiger charge is -2.12. The summed E-state index contributed by atoms with van der Waals surface area (Å²) in [7, 11) is 3.25. The number of rotatable bonds is 10. The van der Waals surface area contributed by atoms with Crippen LogP contribution in [0, 0.1) is 6.92 Å². The van der Waals surface area contributed by atoms with E-state index in [0.29, 0.717) is 36.7 Å². The highest BCUT2D eigenvalue weighted by Crippen LogP contribution is 2.27. The third-order valence-electron chi connectivity index (χ3n) is 4.45. The van der Waals surface area contributed by atoms with Gasteiger partial charge in [-0.25, -0.2) is 0 Å². The van der Waals surface area contributed by atoms with Crippen LogP contribution in [-0.4, -0.2) is 52.3 Å². The van der Waals surface area contributed by atoms with Gasteiger partial charge in [0.2, 0.25) is 0 Å². The van der Waals surface area contributed by atoms with Gasteiger partial charge in [-0.05, 0) is 50.1 Å². The van der Waals surface area contributed by atoms with Gasteiger partial charge < -0.3 is 25.4 Å². The minimum atomic E-state index is -0.0732. The number of benzene rings is 2. The summed E-state index contributed by atoms with van der Waals surface area (Å²) in [5, 5.41) is 9.38. The minimum Gasteiger partial charge on any atom is -0.493 e. The predicted octanol–water partition coefficient (Wildman–Crippen LogP) is 3.16. The molecule has 0 aliphatic rings. The molecule has 2 aromatic carbocycles. The lowest BCUT2D eigenvalue weighted by molar-refractivity contribution is 0.0954. The Kier molecular flexibility index (Phi) is 12.4. The molecule has 0 saturated heterocycles. The molecule has 0 spiro atoms. The Bertz CT molecular complexity index is 858. The Hall–Kier alpha value is -2.49. The van der Waals surface area contributed by atoms with Crippen LogP contribution in [0.2, 0.25) is 0 Å². The zero-order chi connectivity index (χ0) is 21.8. The largest absolute Gasteiger partial charge is 0.493 e. The number of nitrogens with zero attached hydrogens (tertiary/aromatic N) is 1. The molecule has 0 aromatic heterocycles. The second kappa shape index (κ2) is 14.5. The van der Waals surface area contributed by atoms with Crippen LogP contribution in [0.1, 0.15) is 28.4 Å². The van der Waals surface area contributed by atoms with Gasteiger partial charge in [-0.1, -0.05) is 23.8 Å². The summed E-state index contributed by atoms with van der Waals surface area (Å²) in [6, 6.07) is 13.4. The first kappa shape index (κ1) is 26.5. The summed E-state index contributed by atoms with van der Waals surface area (Å²) < 4.78 is 10.6. The van der Waals surface area contributed by atoms with Crippen molar-refractivity contribution in [2.45, 2.75) is 20.3 Å². The van der Waals surface area contributed by atoms with Crippen molar-refractivity contribution in [3.63, 3.8) is 0 Å². The van der Waals surface area contributed by atoms with Gasteiger partial charge in [0, 0.05) is 31.7 Å². The fourth-order valence-corrected chi connectivity index (χ4v) is 2.92. The zero-order valence-electron chi connectivity index (χ0n) is 18.7. The summed E-state index contributed by atoms with van der Waals surface area (Å²) in [5.41, 5.74) is 2.86. The van der Waals surface area contributed by atoms with Crippen LogP contribution < -0.4 is 25.4 Å². The summed E-state index contributed by atoms with van der Waals surface area (Å²) in [5.74, 6) is 2.08. The van der Waals surface area contributed by atoms with E-state index in [1.165, 1.54) is 0 Å². The van der Waals surface area contributed by atoms with Crippen molar-refractivity contribution < 1.29 is 14.3 Å². The minimum absolute atomic E-state index is 0. The maximum atomic E-state index is 12.2. The zero-order valence-corrected chi connectivity index (χ0v) is 21.0. The SMILES string of the molecule is CCNC(=NCCc1ccc(OC)c(OC)c1)NCCNC(=O)c1cccc(C)c1.I. The number of aliphatic imine (C=N–C) groups is 1. The summed E-state index contributed by atoms with van der Waals surface area (Å²) in [4.78, 5) is 16.8. The van der Waals surface area contributed by atoms with Crippen LogP contribution in [0.25, 0.3) is 0 Å². The van der Waals surface area contributed by atoms with E-state index in [4.69, 9.17) is 9.47 Å². The topological polar surface area (TPSA) is 84.0 Å². The number of guanidine groups is 1. The van der Waals surface area contributed by atoms with Crippen molar-refractivity contribution in [3.05, 3.63) is 59.2 Å². The average Bonchev–Trinajstić information content (AvgIpc) is 2.76. The van der Waals surface area contributed by atoms with Crippen molar-refractivity contribution in [2.24, 2.45) is 4.99 Å². The van der Waals surface area contributed by atoms with E-state index in [1.54, 1.807) is 14.2 Å². The molecular weight excluding hydrogens is 507 g/mol. The monoisotopic (exact) mass is 540 g/mol. The van der Waals surface area contributed by atoms with E-state index in [9.17, 15) is 4.79 Å². The molecule has 170 valence electrons. The maximum Gasteiger partial charge on any atom is 0.251 e. The van der Waals surface area contributed by atoms with Gasteiger partial charge in [-0.3, -0.25) is 9.79 Å². The van der Waals surface area contributed by atoms with Gasteiger partial charge in [-0.15, -0.1) is 24.0 Å².